The largest absolute Gasteiger partial charge is 0.465 e. The highest BCUT2D eigenvalue weighted by molar-refractivity contribution is 7.19. The van der Waals surface area contributed by atoms with Crippen LogP contribution >= 0.6 is 11.3 Å². The number of aromatic nitrogens is 2. The number of rotatable bonds is 3. The van der Waals surface area contributed by atoms with E-state index in [-0.39, 0.29) is 5.97 Å². The molecule has 4 rings (SSSR count). The van der Waals surface area contributed by atoms with E-state index in [2.05, 4.69) is 22.2 Å². The Balaban J connectivity index is 1.69. The van der Waals surface area contributed by atoms with E-state index in [1.54, 1.807) is 29.8 Å². The molecule has 0 spiro atoms. The lowest BCUT2D eigenvalue weighted by Gasteiger charge is -2.18. The lowest BCUT2D eigenvalue weighted by Crippen LogP contribution is -2.09. The molecule has 0 fully saturated rings. The predicted octanol–water partition coefficient (Wildman–Crippen LogP) is 4.35. The molecular formula is C19H19N3O2S. The quantitative estimate of drug-likeness (QED) is 0.709. The molecule has 0 unspecified atom stereocenters. The average molecular weight is 353 g/mol. The minimum atomic E-state index is -0.336. The first-order valence-electron chi connectivity index (χ1n) is 8.36. The summed E-state index contributed by atoms with van der Waals surface area (Å²) in [4.78, 5) is 23.0. The predicted molar refractivity (Wildman–Crippen MR) is 99.7 cm³/mol. The molecule has 128 valence electrons. The van der Waals surface area contributed by atoms with Crippen LogP contribution in [0.15, 0.2) is 30.6 Å². The second-order valence-corrected chi connectivity index (χ2v) is 7.53. The lowest BCUT2D eigenvalue weighted by atomic mass is 9.89. The zero-order valence-electron chi connectivity index (χ0n) is 14.2. The van der Waals surface area contributed by atoms with Crippen LogP contribution in [-0.2, 0) is 17.6 Å². The van der Waals surface area contributed by atoms with Gasteiger partial charge in [0.1, 0.15) is 17.0 Å². The van der Waals surface area contributed by atoms with Crippen molar-refractivity contribution in [3.63, 3.8) is 0 Å². The molecule has 1 N–H and O–H groups in total. The first-order chi connectivity index (χ1) is 12.2. The van der Waals surface area contributed by atoms with Crippen molar-refractivity contribution in [2.75, 3.05) is 12.4 Å². The normalized spacial score (nSPS) is 16.5. The van der Waals surface area contributed by atoms with Gasteiger partial charge < -0.3 is 10.1 Å². The molecule has 25 heavy (non-hydrogen) atoms. The van der Waals surface area contributed by atoms with Gasteiger partial charge in [-0.15, -0.1) is 11.3 Å². The van der Waals surface area contributed by atoms with Crippen molar-refractivity contribution < 1.29 is 9.53 Å². The van der Waals surface area contributed by atoms with E-state index >= 15 is 0 Å². The third kappa shape index (κ3) is 2.98. The first kappa shape index (κ1) is 16.0. The number of fused-ring (bicyclic) bond motifs is 3. The van der Waals surface area contributed by atoms with Crippen LogP contribution in [0.4, 0.5) is 11.5 Å². The van der Waals surface area contributed by atoms with Crippen LogP contribution in [0.2, 0.25) is 0 Å². The summed E-state index contributed by atoms with van der Waals surface area (Å²) in [6.07, 6.45) is 5.03. The number of hydrogen-bond acceptors (Lipinski definition) is 6. The number of methoxy groups -OCH3 is 1. The van der Waals surface area contributed by atoms with E-state index in [1.807, 2.05) is 12.1 Å². The second-order valence-electron chi connectivity index (χ2n) is 6.45. The molecular weight excluding hydrogens is 334 g/mol. The standard InChI is InChI=1S/C19H19N3O2S/c1-11-3-8-14-15(9-11)25-18-16(14)17(20-10-21-18)22-13-6-4-12(5-7-13)19(23)24-2/h4-7,10-11H,3,8-9H2,1-2H3,(H,20,21,22)/t11-/m1/s1. The maximum Gasteiger partial charge on any atom is 0.337 e. The number of nitrogens with zero attached hydrogens (tertiary/aromatic N) is 2. The van der Waals surface area contributed by atoms with Crippen molar-refractivity contribution in [1.82, 2.24) is 9.97 Å². The van der Waals surface area contributed by atoms with Gasteiger partial charge in [0.05, 0.1) is 18.1 Å². The molecule has 5 nitrogen and oxygen atoms in total. The molecule has 1 atom stereocenters. The highest BCUT2D eigenvalue weighted by Crippen LogP contribution is 2.40. The molecule has 3 aromatic rings. The first-order valence-corrected chi connectivity index (χ1v) is 9.18. The van der Waals surface area contributed by atoms with Gasteiger partial charge in [-0.25, -0.2) is 14.8 Å². The molecule has 0 aliphatic heterocycles. The van der Waals surface area contributed by atoms with Crippen molar-refractivity contribution in [2.45, 2.75) is 26.2 Å². The van der Waals surface area contributed by atoms with E-state index in [0.29, 0.717) is 5.56 Å². The molecule has 2 heterocycles. The summed E-state index contributed by atoms with van der Waals surface area (Å²) in [5.74, 6) is 1.23. The van der Waals surface area contributed by atoms with Gasteiger partial charge in [-0.3, -0.25) is 0 Å². The van der Waals surface area contributed by atoms with Gasteiger partial charge in [-0.1, -0.05) is 6.92 Å². The average Bonchev–Trinajstić information content (AvgIpc) is 3.00. The van der Waals surface area contributed by atoms with Crippen LogP contribution < -0.4 is 5.32 Å². The van der Waals surface area contributed by atoms with E-state index in [9.17, 15) is 4.79 Å². The van der Waals surface area contributed by atoms with Crippen LogP contribution in [0, 0.1) is 5.92 Å². The van der Waals surface area contributed by atoms with Crippen molar-refractivity contribution in [1.29, 1.82) is 0 Å². The van der Waals surface area contributed by atoms with Crippen molar-refractivity contribution in [3.05, 3.63) is 46.6 Å². The summed E-state index contributed by atoms with van der Waals surface area (Å²) >= 11 is 1.79. The number of aryl methyl sites for hydroxylation is 1. The Labute approximate surface area is 150 Å². The zero-order valence-corrected chi connectivity index (χ0v) is 15.0. The van der Waals surface area contributed by atoms with E-state index in [1.165, 1.54) is 24.0 Å². The molecule has 0 saturated carbocycles. The number of ether oxygens (including phenoxy) is 1. The Morgan fingerprint density at radius 2 is 2.08 bits per heavy atom. The monoisotopic (exact) mass is 353 g/mol. The highest BCUT2D eigenvalue weighted by Gasteiger charge is 2.23. The van der Waals surface area contributed by atoms with Gasteiger partial charge >= 0.3 is 5.97 Å². The topological polar surface area (TPSA) is 64.1 Å². The van der Waals surface area contributed by atoms with Crippen molar-refractivity contribution in [3.8, 4) is 0 Å². The van der Waals surface area contributed by atoms with Gasteiger partial charge in [0.2, 0.25) is 0 Å². The third-order valence-corrected chi connectivity index (χ3v) is 5.82. The summed E-state index contributed by atoms with van der Waals surface area (Å²) < 4.78 is 4.73. The Hall–Kier alpha value is -2.47. The minimum absolute atomic E-state index is 0.336. The van der Waals surface area contributed by atoms with Crippen LogP contribution in [0.3, 0.4) is 0 Å². The fourth-order valence-electron chi connectivity index (χ4n) is 3.31. The number of thiophene rings is 1. The molecule has 6 heteroatoms. The maximum atomic E-state index is 11.5. The number of nitrogens with one attached hydrogen (secondary N) is 1. The van der Waals surface area contributed by atoms with Crippen molar-refractivity contribution >= 4 is 39.0 Å². The van der Waals surface area contributed by atoms with Gasteiger partial charge in [-0.2, -0.15) is 0 Å². The molecule has 0 radical (unpaired) electrons. The summed E-state index contributed by atoms with van der Waals surface area (Å²) in [5.41, 5.74) is 2.81. The van der Waals surface area contributed by atoms with Gasteiger partial charge in [0.25, 0.3) is 0 Å². The van der Waals surface area contributed by atoms with Crippen LogP contribution in [-0.4, -0.2) is 23.0 Å². The Morgan fingerprint density at radius 3 is 2.84 bits per heavy atom. The summed E-state index contributed by atoms with van der Waals surface area (Å²) in [6, 6.07) is 7.22. The zero-order chi connectivity index (χ0) is 17.4. The third-order valence-electron chi connectivity index (χ3n) is 4.66. The Kier molecular flexibility index (Phi) is 4.13. The number of hydrogen-bond donors (Lipinski definition) is 1. The fourth-order valence-corrected chi connectivity index (χ4v) is 4.66. The second kappa shape index (κ2) is 6.44. The summed E-state index contributed by atoms with van der Waals surface area (Å²) in [5, 5.41) is 4.53. The maximum absolute atomic E-state index is 11.5. The van der Waals surface area contributed by atoms with E-state index in [4.69, 9.17) is 4.74 Å². The van der Waals surface area contributed by atoms with Crippen molar-refractivity contribution in [2.24, 2.45) is 5.92 Å². The van der Waals surface area contributed by atoms with Crippen LogP contribution in [0.1, 0.15) is 34.1 Å². The van der Waals surface area contributed by atoms with E-state index in [0.717, 1.165) is 40.5 Å². The van der Waals surface area contributed by atoms with Gasteiger partial charge in [0.15, 0.2) is 0 Å². The molecule has 1 aliphatic carbocycles. The van der Waals surface area contributed by atoms with E-state index < -0.39 is 0 Å². The highest BCUT2D eigenvalue weighted by atomic mass is 32.1. The molecule has 1 aliphatic rings. The van der Waals surface area contributed by atoms with Gasteiger partial charge in [-0.05, 0) is 55.0 Å². The number of carbonyl (C=O) groups is 1. The smallest absolute Gasteiger partial charge is 0.337 e. The Bertz CT molecular complexity index is 934. The SMILES string of the molecule is COC(=O)c1ccc(Nc2ncnc3sc4c(c23)CC[C@@H](C)C4)cc1. The molecule has 2 aromatic heterocycles. The number of benzene rings is 1. The number of anilines is 2. The number of carbonyl (C=O) groups excluding carboxylic acids is 1. The summed E-state index contributed by atoms with van der Waals surface area (Å²) in [6.45, 7) is 2.31. The molecule has 1 aromatic carbocycles. The van der Waals surface area contributed by atoms with Crippen LogP contribution in [0.5, 0.6) is 0 Å². The fraction of sp³-hybridized carbons (Fsp3) is 0.316. The van der Waals surface area contributed by atoms with Crippen LogP contribution in [0.25, 0.3) is 10.2 Å². The number of esters is 1. The molecule has 0 bridgehead atoms. The molecule has 0 amide bonds. The Morgan fingerprint density at radius 1 is 1.28 bits per heavy atom. The lowest BCUT2D eigenvalue weighted by molar-refractivity contribution is 0.0601. The van der Waals surface area contributed by atoms with Gasteiger partial charge in [0, 0.05) is 10.6 Å². The molecule has 0 saturated heterocycles. The summed E-state index contributed by atoms with van der Waals surface area (Å²) in [7, 11) is 1.38. The minimum Gasteiger partial charge on any atom is -0.465 e.